The van der Waals surface area contributed by atoms with Crippen LogP contribution < -0.4 is 10.6 Å². The van der Waals surface area contributed by atoms with E-state index < -0.39 is 0 Å². The molecule has 0 spiro atoms. The molecule has 0 saturated heterocycles. The Morgan fingerprint density at radius 3 is 2.86 bits per heavy atom. The van der Waals surface area contributed by atoms with Gasteiger partial charge in [-0.1, -0.05) is 24.3 Å². The molecule has 0 aliphatic rings. The summed E-state index contributed by atoms with van der Waals surface area (Å²) in [6, 6.07) is 10.0. The first kappa shape index (κ1) is 15.3. The van der Waals surface area contributed by atoms with Crippen molar-refractivity contribution in [3.05, 3.63) is 53.9 Å². The SMILES string of the molecule is Cc1ccccc1C(C)NC(=O)CNCCn1cccn1. The van der Waals surface area contributed by atoms with Crippen molar-refractivity contribution in [2.45, 2.75) is 26.4 Å². The third-order valence-corrected chi connectivity index (χ3v) is 3.39. The van der Waals surface area contributed by atoms with E-state index >= 15 is 0 Å². The lowest BCUT2D eigenvalue weighted by Gasteiger charge is -2.16. The minimum Gasteiger partial charge on any atom is -0.348 e. The molecule has 5 heteroatoms. The van der Waals surface area contributed by atoms with Gasteiger partial charge in [-0.05, 0) is 31.0 Å². The molecule has 1 unspecified atom stereocenters. The molecule has 1 amide bonds. The molecule has 1 heterocycles. The summed E-state index contributed by atoms with van der Waals surface area (Å²) in [5.41, 5.74) is 2.35. The monoisotopic (exact) mass is 286 g/mol. The largest absolute Gasteiger partial charge is 0.348 e. The molecule has 0 aliphatic heterocycles. The Kier molecular flexibility index (Phi) is 5.51. The van der Waals surface area contributed by atoms with Crippen molar-refractivity contribution < 1.29 is 4.79 Å². The van der Waals surface area contributed by atoms with Gasteiger partial charge in [-0.15, -0.1) is 0 Å². The molecule has 1 aromatic carbocycles. The minimum absolute atomic E-state index is 0.00576. The Morgan fingerprint density at radius 2 is 2.14 bits per heavy atom. The smallest absolute Gasteiger partial charge is 0.234 e. The molecule has 21 heavy (non-hydrogen) atoms. The zero-order valence-electron chi connectivity index (χ0n) is 12.5. The maximum Gasteiger partial charge on any atom is 0.234 e. The van der Waals surface area contributed by atoms with Crippen LogP contribution in [-0.2, 0) is 11.3 Å². The van der Waals surface area contributed by atoms with Crippen LogP contribution in [-0.4, -0.2) is 28.8 Å². The number of hydrogen-bond acceptors (Lipinski definition) is 3. The number of carbonyl (C=O) groups excluding carboxylic acids is 1. The number of amides is 1. The molecule has 5 nitrogen and oxygen atoms in total. The molecule has 1 aromatic heterocycles. The number of aromatic nitrogens is 2. The summed E-state index contributed by atoms with van der Waals surface area (Å²) in [5, 5.41) is 10.2. The lowest BCUT2D eigenvalue weighted by atomic mass is 10.0. The van der Waals surface area contributed by atoms with E-state index in [0.717, 1.165) is 12.1 Å². The number of hydrogen-bond donors (Lipinski definition) is 2. The standard InChI is InChI=1S/C16H22N4O/c1-13-6-3-4-7-15(13)14(2)19-16(21)12-17-9-11-20-10-5-8-18-20/h3-8,10,14,17H,9,11-12H2,1-2H3,(H,19,21). The number of nitrogens with zero attached hydrogens (tertiary/aromatic N) is 2. The van der Waals surface area contributed by atoms with Gasteiger partial charge in [0.15, 0.2) is 0 Å². The Bertz CT molecular complexity index is 565. The van der Waals surface area contributed by atoms with Gasteiger partial charge >= 0.3 is 0 Å². The first-order valence-electron chi connectivity index (χ1n) is 7.20. The van der Waals surface area contributed by atoms with E-state index in [4.69, 9.17) is 0 Å². The normalized spacial score (nSPS) is 12.1. The van der Waals surface area contributed by atoms with Crippen LogP contribution in [0.3, 0.4) is 0 Å². The summed E-state index contributed by atoms with van der Waals surface area (Å²) in [6.45, 7) is 5.85. The molecule has 2 N–H and O–H groups in total. The van der Waals surface area contributed by atoms with Crippen LogP contribution in [0.2, 0.25) is 0 Å². The molecule has 0 radical (unpaired) electrons. The maximum atomic E-state index is 11.9. The van der Waals surface area contributed by atoms with Gasteiger partial charge in [-0.3, -0.25) is 9.48 Å². The van der Waals surface area contributed by atoms with E-state index in [1.807, 2.05) is 42.1 Å². The number of rotatable bonds is 7. The minimum atomic E-state index is 0.00576. The van der Waals surface area contributed by atoms with Gasteiger partial charge in [-0.25, -0.2) is 0 Å². The molecule has 0 fully saturated rings. The summed E-state index contributed by atoms with van der Waals surface area (Å²) in [7, 11) is 0. The second-order valence-electron chi connectivity index (χ2n) is 5.09. The lowest BCUT2D eigenvalue weighted by Crippen LogP contribution is -2.36. The highest BCUT2D eigenvalue weighted by Crippen LogP contribution is 2.16. The maximum absolute atomic E-state index is 11.9. The van der Waals surface area contributed by atoms with Crippen molar-refractivity contribution in [3.8, 4) is 0 Å². The number of benzene rings is 1. The molecule has 0 saturated carbocycles. The molecule has 2 aromatic rings. The van der Waals surface area contributed by atoms with Crippen LogP contribution in [0.25, 0.3) is 0 Å². The number of carbonyl (C=O) groups is 1. The van der Waals surface area contributed by atoms with Crippen molar-refractivity contribution in [2.75, 3.05) is 13.1 Å². The fourth-order valence-electron chi connectivity index (χ4n) is 2.27. The number of nitrogens with one attached hydrogen (secondary N) is 2. The second-order valence-corrected chi connectivity index (χ2v) is 5.09. The third kappa shape index (κ3) is 4.72. The topological polar surface area (TPSA) is 59.0 Å². The Hall–Kier alpha value is -2.14. The van der Waals surface area contributed by atoms with Crippen LogP contribution in [0.4, 0.5) is 0 Å². The molecule has 112 valence electrons. The van der Waals surface area contributed by atoms with Crippen LogP contribution >= 0.6 is 0 Å². The van der Waals surface area contributed by atoms with Gasteiger partial charge < -0.3 is 10.6 Å². The molecule has 1 atom stereocenters. The average molecular weight is 286 g/mol. The summed E-state index contributed by atoms with van der Waals surface area (Å²) in [5.74, 6) is 0.00576. The van der Waals surface area contributed by atoms with E-state index in [-0.39, 0.29) is 11.9 Å². The highest BCUT2D eigenvalue weighted by atomic mass is 16.1. The van der Waals surface area contributed by atoms with Gasteiger partial charge in [0.25, 0.3) is 0 Å². The van der Waals surface area contributed by atoms with E-state index in [0.29, 0.717) is 13.1 Å². The average Bonchev–Trinajstić information content (AvgIpc) is 2.97. The molecule has 0 aliphatic carbocycles. The summed E-state index contributed by atoms with van der Waals surface area (Å²) < 4.78 is 1.83. The quantitative estimate of drug-likeness (QED) is 0.761. The van der Waals surface area contributed by atoms with Gasteiger partial charge in [0.1, 0.15) is 0 Å². The predicted octanol–water partition coefficient (Wildman–Crippen LogP) is 1.66. The Morgan fingerprint density at radius 1 is 1.33 bits per heavy atom. The van der Waals surface area contributed by atoms with Gasteiger partial charge in [0, 0.05) is 18.9 Å². The van der Waals surface area contributed by atoms with Crippen LogP contribution in [0, 0.1) is 6.92 Å². The van der Waals surface area contributed by atoms with Crippen molar-refractivity contribution in [1.29, 1.82) is 0 Å². The van der Waals surface area contributed by atoms with Gasteiger partial charge in [0.05, 0.1) is 19.1 Å². The first-order chi connectivity index (χ1) is 10.2. The van der Waals surface area contributed by atoms with Gasteiger partial charge in [0.2, 0.25) is 5.91 Å². The fourth-order valence-corrected chi connectivity index (χ4v) is 2.27. The van der Waals surface area contributed by atoms with Crippen LogP contribution in [0.5, 0.6) is 0 Å². The summed E-state index contributed by atoms with van der Waals surface area (Å²) in [6.07, 6.45) is 3.65. The zero-order valence-corrected chi connectivity index (χ0v) is 12.5. The van der Waals surface area contributed by atoms with Crippen molar-refractivity contribution in [2.24, 2.45) is 0 Å². The van der Waals surface area contributed by atoms with E-state index in [1.54, 1.807) is 6.20 Å². The first-order valence-corrected chi connectivity index (χ1v) is 7.20. The summed E-state index contributed by atoms with van der Waals surface area (Å²) >= 11 is 0. The molecular formula is C16H22N4O. The van der Waals surface area contributed by atoms with E-state index in [9.17, 15) is 4.79 Å². The molecular weight excluding hydrogens is 264 g/mol. The summed E-state index contributed by atoms with van der Waals surface area (Å²) in [4.78, 5) is 11.9. The van der Waals surface area contributed by atoms with Crippen LogP contribution in [0.15, 0.2) is 42.7 Å². The zero-order chi connectivity index (χ0) is 15.1. The Balaban J connectivity index is 1.70. The van der Waals surface area contributed by atoms with Crippen molar-refractivity contribution in [3.63, 3.8) is 0 Å². The third-order valence-electron chi connectivity index (χ3n) is 3.39. The van der Waals surface area contributed by atoms with E-state index in [2.05, 4.69) is 28.7 Å². The van der Waals surface area contributed by atoms with Crippen molar-refractivity contribution in [1.82, 2.24) is 20.4 Å². The lowest BCUT2D eigenvalue weighted by molar-refractivity contribution is -0.120. The number of aryl methyl sites for hydroxylation is 1. The van der Waals surface area contributed by atoms with Gasteiger partial charge in [-0.2, -0.15) is 5.10 Å². The highest BCUT2D eigenvalue weighted by molar-refractivity contribution is 5.78. The Labute approximate surface area is 125 Å². The fraction of sp³-hybridized carbons (Fsp3) is 0.375. The van der Waals surface area contributed by atoms with E-state index in [1.165, 1.54) is 5.56 Å². The highest BCUT2D eigenvalue weighted by Gasteiger charge is 2.10. The second kappa shape index (κ2) is 7.59. The molecule has 0 bridgehead atoms. The van der Waals surface area contributed by atoms with Crippen LogP contribution in [0.1, 0.15) is 24.1 Å². The van der Waals surface area contributed by atoms with Crippen molar-refractivity contribution >= 4 is 5.91 Å². The molecule has 2 rings (SSSR count). The predicted molar refractivity (Wildman–Crippen MR) is 82.8 cm³/mol.